The van der Waals surface area contributed by atoms with Crippen molar-refractivity contribution >= 4 is 17.6 Å². The van der Waals surface area contributed by atoms with Crippen LogP contribution in [0.3, 0.4) is 0 Å². The predicted octanol–water partition coefficient (Wildman–Crippen LogP) is -0.154. The fourth-order valence-electron chi connectivity index (χ4n) is 4.56. The molecule has 3 aliphatic rings. The van der Waals surface area contributed by atoms with E-state index in [1.807, 2.05) is 37.3 Å². The van der Waals surface area contributed by atoms with Crippen LogP contribution in [-0.4, -0.2) is 23.3 Å². The molecule has 110 valence electrons. The summed E-state index contributed by atoms with van der Waals surface area (Å²) in [6.07, 6.45) is 0. The smallest absolute Gasteiger partial charge is 0.278 e. The highest BCUT2D eigenvalue weighted by Gasteiger charge is 3.02. The van der Waals surface area contributed by atoms with Crippen molar-refractivity contribution in [2.75, 3.05) is 12.4 Å². The summed E-state index contributed by atoms with van der Waals surface area (Å²) in [5, 5.41) is 19.1. The zero-order valence-corrected chi connectivity index (χ0v) is 12.9. The zero-order chi connectivity index (χ0) is 15.6. The molecule has 0 radical (unpaired) electrons. The van der Waals surface area contributed by atoms with Crippen LogP contribution in [0.15, 0.2) is 30.3 Å². The van der Waals surface area contributed by atoms with E-state index in [9.17, 15) is 10.5 Å². The second-order valence-corrected chi connectivity index (χ2v) is 7.34. The fraction of sp³-hybridized carbons (Fsp3) is 0.438. The molecule has 1 spiro atoms. The topological polar surface area (TPSA) is 96.8 Å². The van der Waals surface area contributed by atoms with Crippen molar-refractivity contribution in [2.45, 2.75) is 17.4 Å². The summed E-state index contributed by atoms with van der Waals surface area (Å²) in [6.45, 7) is 2.49. The van der Waals surface area contributed by atoms with E-state index >= 15 is 0 Å². The average Bonchev–Trinajstić information content (AvgIpc) is 2.83. The van der Waals surface area contributed by atoms with E-state index < -0.39 is 21.3 Å². The monoisotopic (exact) mass is 311 g/mol. The molecular weight excluding hydrogens is 296 g/mol. The van der Waals surface area contributed by atoms with Crippen LogP contribution in [0, 0.1) is 33.5 Å². The van der Waals surface area contributed by atoms with Gasteiger partial charge in [0.05, 0.1) is 24.2 Å². The molecule has 4 atom stereocenters. The number of benzene rings is 1. The molecule has 2 fully saturated rings. The van der Waals surface area contributed by atoms with Gasteiger partial charge < -0.3 is 4.74 Å². The van der Waals surface area contributed by atoms with E-state index in [4.69, 9.17) is 10.5 Å². The lowest BCUT2D eigenvalue weighted by atomic mass is 9.85. The summed E-state index contributed by atoms with van der Waals surface area (Å²) in [5.41, 5.74) is 4.37. The molecule has 2 aliphatic heterocycles. The highest BCUT2D eigenvalue weighted by Crippen LogP contribution is 2.83. The standard InChI is InChI=1S/C16H14N4OS/c1-13(11-5-3-2-4-6-11)14(9-17)12(19)20-16(15(13,14)10-18)21-7-8-22-16/h2-6H,7-8H2,1H3,(H2,19,20)/p+1/t13-,14-,15+,16+/m0/s1. The Hall–Kier alpha value is -2.02. The number of ether oxygens (including phenoxy) is 1. The van der Waals surface area contributed by atoms with Gasteiger partial charge in [-0.25, -0.2) is 4.99 Å². The van der Waals surface area contributed by atoms with Crippen LogP contribution in [0.25, 0.3) is 0 Å². The molecule has 0 aromatic heterocycles. The molecule has 1 aromatic carbocycles. The van der Waals surface area contributed by atoms with Gasteiger partial charge in [0.15, 0.2) is 10.8 Å². The van der Waals surface area contributed by atoms with Gasteiger partial charge in [0.25, 0.3) is 10.9 Å². The van der Waals surface area contributed by atoms with Crippen LogP contribution in [0.4, 0.5) is 0 Å². The summed E-state index contributed by atoms with van der Waals surface area (Å²) in [7, 11) is 0. The van der Waals surface area contributed by atoms with Crippen LogP contribution in [0.2, 0.25) is 0 Å². The molecule has 4 rings (SSSR count). The van der Waals surface area contributed by atoms with Crippen molar-refractivity contribution < 1.29 is 9.73 Å². The Balaban J connectivity index is 2.03. The number of rotatable bonds is 1. The average molecular weight is 311 g/mol. The highest BCUT2D eigenvalue weighted by atomic mass is 32.2. The van der Waals surface area contributed by atoms with E-state index in [-0.39, 0.29) is 0 Å². The van der Waals surface area contributed by atoms with E-state index in [0.29, 0.717) is 12.4 Å². The van der Waals surface area contributed by atoms with Gasteiger partial charge >= 0.3 is 0 Å². The number of nitrogens with zero attached hydrogens (tertiary/aromatic N) is 2. The third-order valence-electron chi connectivity index (χ3n) is 5.58. The molecule has 0 amide bonds. The SMILES string of the molecule is C[C@]1(c2ccccc2)[C@]2(C#N)C(N)=[NH+][C@@]3(OCCS3)[C@@]21C#N. The van der Waals surface area contributed by atoms with Crippen LogP contribution in [-0.2, 0) is 10.2 Å². The minimum atomic E-state index is -1.08. The third-order valence-corrected chi connectivity index (χ3v) is 6.88. The van der Waals surface area contributed by atoms with Crippen LogP contribution < -0.4 is 10.7 Å². The Labute approximate surface area is 132 Å². The Morgan fingerprint density at radius 2 is 2.00 bits per heavy atom. The largest absolute Gasteiger partial charge is 0.327 e. The van der Waals surface area contributed by atoms with Gasteiger partial charge in [-0.15, -0.1) is 0 Å². The van der Waals surface area contributed by atoms with Gasteiger partial charge in [0.2, 0.25) is 0 Å². The first-order chi connectivity index (χ1) is 10.6. The Kier molecular flexibility index (Phi) is 2.38. The molecular formula is C16H15N4OS+. The maximum atomic E-state index is 10.1. The van der Waals surface area contributed by atoms with Crippen molar-refractivity contribution in [3.63, 3.8) is 0 Å². The third kappa shape index (κ3) is 1.00. The molecule has 0 unspecified atom stereocenters. The maximum absolute atomic E-state index is 10.1. The lowest BCUT2D eigenvalue weighted by Crippen LogP contribution is -2.88. The Bertz CT molecular complexity index is 774. The van der Waals surface area contributed by atoms with E-state index in [1.54, 1.807) is 0 Å². The Morgan fingerprint density at radius 1 is 1.27 bits per heavy atom. The second kappa shape index (κ2) is 3.84. The maximum Gasteiger partial charge on any atom is 0.278 e. The van der Waals surface area contributed by atoms with Gasteiger partial charge in [0, 0.05) is 5.75 Å². The molecule has 5 nitrogen and oxygen atoms in total. The number of amidine groups is 1. The molecule has 6 heteroatoms. The molecule has 1 saturated heterocycles. The predicted molar refractivity (Wildman–Crippen MR) is 81.2 cm³/mol. The van der Waals surface area contributed by atoms with Gasteiger partial charge in [-0.3, -0.25) is 5.73 Å². The highest BCUT2D eigenvalue weighted by molar-refractivity contribution is 8.00. The molecule has 22 heavy (non-hydrogen) atoms. The van der Waals surface area contributed by atoms with Crippen LogP contribution >= 0.6 is 11.8 Å². The van der Waals surface area contributed by atoms with Crippen molar-refractivity contribution in [3.8, 4) is 12.1 Å². The minimum absolute atomic E-state index is 0.345. The summed E-state index contributed by atoms with van der Waals surface area (Å²) >= 11 is 1.53. The zero-order valence-electron chi connectivity index (χ0n) is 12.1. The Morgan fingerprint density at radius 3 is 2.55 bits per heavy atom. The first kappa shape index (κ1) is 13.6. The molecule has 1 saturated carbocycles. The number of hydrogen-bond acceptors (Lipinski definition) is 5. The number of hydrogen-bond donors (Lipinski definition) is 2. The number of fused-ring (bicyclic) bond motifs is 2. The first-order valence-corrected chi connectivity index (χ1v) is 8.12. The molecule has 2 heterocycles. The van der Waals surface area contributed by atoms with E-state index in [0.717, 1.165) is 11.3 Å². The lowest BCUT2D eigenvalue weighted by Gasteiger charge is -2.27. The summed E-state index contributed by atoms with van der Waals surface area (Å²) in [6, 6.07) is 14.5. The van der Waals surface area contributed by atoms with E-state index in [1.165, 1.54) is 11.8 Å². The number of nitrogens with two attached hydrogens (primary N) is 1. The molecule has 3 N–H and O–H groups in total. The molecule has 1 aromatic rings. The van der Waals surface area contributed by atoms with Gasteiger partial charge in [-0.1, -0.05) is 49.0 Å². The summed E-state index contributed by atoms with van der Waals surface area (Å²) < 4.78 is 5.94. The first-order valence-electron chi connectivity index (χ1n) is 7.13. The van der Waals surface area contributed by atoms with Crippen LogP contribution in [0.5, 0.6) is 0 Å². The van der Waals surface area contributed by atoms with Crippen molar-refractivity contribution in [1.82, 2.24) is 0 Å². The van der Waals surface area contributed by atoms with Gasteiger partial charge in [0.1, 0.15) is 0 Å². The van der Waals surface area contributed by atoms with Crippen molar-refractivity contribution in [1.29, 1.82) is 10.5 Å². The van der Waals surface area contributed by atoms with Crippen molar-refractivity contribution in [3.05, 3.63) is 35.9 Å². The molecule has 0 bridgehead atoms. The summed E-state index contributed by atoms with van der Waals surface area (Å²) in [4.78, 5) is 3.13. The number of thioether (sulfide) groups is 1. The normalized spacial score (nSPS) is 45.0. The number of nitriles is 2. The second-order valence-electron chi connectivity index (χ2n) is 6.07. The lowest BCUT2D eigenvalue weighted by molar-refractivity contribution is -0.584. The fourth-order valence-corrected chi connectivity index (χ4v) is 5.98. The van der Waals surface area contributed by atoms with Gasteiger partial charge in [-0.05, 0) is 5.56 Å². The van der Waals surface area contributed by atoms with E-state index in [2.05, 4.69) is 17.1 Å². The quantitative estimate of drug-likeness (QED) is 0.751. The van der Waals surface area contributed by atoms with Crippen LogP contribution in [0.1, 0.15) is 12.5 Å². The van der Waals surface area contributed by atoms with Crippen molar-refractivity contribution in [2.24, 2.45) is 16.6 Å². The number of nitrogens with one attached hydrogen (secondary N) is 1. The molecule has 1 aliphatic carbocycles. The minimum Gasteiger partial charge on any atom is -0.327 e. The summed E-state index contributed by atoms with van der Waals surface area (Å²) in [5.74, 6) is 1.12. The van der Waals surface area contributed by atoms with Gasteiger partial charge in [-0.2, -0.15) is 10.5 Å².